The monoisotopic (exact) mass is 858 g/mol. The molecule has 0 radical (unpaired) electrons. The van der Waals surface area contributed by atoms with E-state index in [1.807, 2.05) is 9.80 Å². The molecule has 0 saturated carbocycles. The zero-order valence-corrected chi connectivity index (χ0v) is 38.8. The SMILES string of the molecule is CCCCCCCCCCCCCC[N+](C)(C)CCN(CCC(=O)NCCN(CCC(=O)OC)CCC(=O)OC)CCC(=O)NCCN(CCC(=O)OC)CCC(=O)OC. The zero-order valence-electron chi connectivity index (χ0n) is 38.8. The fourth-order valence-electron chi connectivity index (χ4n) is 6.72. The first-order valence-corrected chi connectivity index (χ1v) is 22.6. The Kier molecular flexibility index (Phi) is 35.3. The molecule has 0 heterocycles. The van der Waals surface area contributed by atoms with Crippen molar-refractivity contribution in [2.45, 2.75) is 122 Å². The van der Waals surface area contributed by atoms with Crippen molar-refractivity contribution in [1.82, 2.24) is 25.3 Å². The Balaban J connectivity index is 5.16. The molecule has 0 aromatic rings. The summed E-state index contributed by atoms with van der Waals surface area (Å²) >= 11 is 0. The van der Waals surface area contributed by atoms with Crippen LogP contribution in [-0.4, -0.2) is 182 Å². The molecule has 0 aromatic heterocycles. The number of esters is 4. The number of nitrogens with zero attached hydrogens (tertiary/aromatic N) is 4. The molecule has 0 aromatic carbocycles. The van der Waals surface area contributed by atoms with E-state index in [2.05, 4.69) is 36.6 Å². The van der Waals surface area contributed by atoms with Gasteiger partial charge in [0.1, 0.15) is 0 Å². The number of hydrogen-bond acceptors (Lipinski definition) is 13. The van der Waals surface area contributed by atoms with Gasteiger partial charge in [-0.05, 0) is 12.8 Å². The van der Waals surface area contributed by atoms with Gasteiger partial charge in [0.25, 0.3) is 0 Å². The van der Waals surface area contributed by atoms with Gasteiger partial charge < -0.3 is 43.9 Å². The Morgan fingerprint density at radius 1 is 0.400 bits per heavy atom. The van der Waals surface area contributed by atoms with Crippen LogP contribution in [0.25, 0.3) is 0 Å². The Bertz CT molecular complexity index is 1070. The Morgan fingerprint density at radius 3 is 1.03 bits per heavy atom. The van der Waals surface area contributed by atoms with Crippen molar-refractivity contribution in [2.75, 3.05) is 128 Å². The lowest BCUT2D eigenvalue weighted by atomic mass is 10.1. The van der Waals surface area contributed by atoms with Gasteiger partial charge >= 0.3 is 23.9 Å². The van der Waals surface area contributed by atoms with Gasteiger partial charge in [0.05, 0.1) is 81.3 Å². The van der Waals surface area contributed by atoms with Gasteiger partial charge in [-0.1, -0.05) is 71.1 Å². The Hall–Kier alpha value is -3.34. The molecule has 0 unspecified atom stereocenters. The molecular weight excluding hydrogens is 773 g/mol. The van der Waals surface area contributed by atoms with Crippen LogP contribution >= 0.6 is 0 Å². The summed E-state index contributed by atoms with van der Waals surface area (Å²) in [5.74, 6) is -1.62. The van der Waals surface area contributed by atoms with Gasteiger partial charge in [-0.2, -0.15) is 0 Å². The lowest BCUT2D eigenvalue weighted by Gasteiger charge is -2.33. The lowest BCUT2D eigenvalue weighted by molar-refractivity contribution is -0.890. The molecule has 2 N–H and O–H groups in total. The molecule has 16 nitrogen and oxygen atoms in total. The van der Waals surface area contributed by atoms with Crippen LogP contribution in [0.1, 0.15) is 122 Å². The first-order chi connectivity index (χ1) is 28.8. The molecule has 60 heavy (non-hydrogen) atoms. The number of carbonyl (C=O) groups is 6. The van der Waals surface area contributed by atoms with E-state index in [0.29, 0.717) is 65.4 Å². The predicted octanol–water partition coefficient (Wildman–Crippen LogP) is 3.93. The van der Waals surface area contributed by atoms with Crippen LogP contribution in [0.3, 0.4) is 0 Å². The lowest BCUT2D eigenvalue weighted by Crippen LogP contribution is -2.47. The highest BCUT2D eigenvalue weighted by molar-refractivity contribution is 5.76. The number of rotatable bonds is 40. The van der Waals surface area contributed by atoms with Crippen molar-refractivity contribution < 1.29 is 52.2 Å². The zero-order chi connectivity index (χ0) is 44.9. The quantitative estimate of drug-likeness (QED) is 0.0394. The van der Waals surface area contributed by atoms with Crippen molar-refractivity contribution in [3.05, 3.63) is 0 Å². The second kappa shape index (κ2) is 37.4. The van der Waals surface area contributed by atoms with Crippen molar-refractivity contribution in [2.24, 2.45) is 0 Å². The number of hydrogen-bond donors (Lipinski definition) is 2. The third-order valence-corrected chi connectivity index (χ3v) is 10.9. The topological polar surface area (TPSA) is 173 Å². The van der Waals surface area contributed by atoms with Crippen LogP contribution in [0.4, 0.5) is 0 Å². The van der Waals surface area contributed by atoms with Crippen LogP contribution in [-0.2, 0) is 47.7 Å². The second-order valence-corrected chi connectivity index (χ2v) is 16.3. The third-order valence-electron chi connectivity index (χ3n) is 10.9. The fraction of sp³-hybridized carbons (Fsp3) is 0.864. The van der Waals surface area contributed by atoms with Crippen LogP contribution in [0.15, 0.2) is 0 Å². The summed E-state index contributed by atoms with van der Waals surface area (Å²) in [4.78, 5) is 78.9. The van der Waals surface area contributed by atoms with Gasteiger partial charge in [-0.25, -0.2) is 0 Å². The summed E-state index contributed by atoms with van der Waals surface area (Å²) < 4.78 is 19.9. The number of nitrogens with one attached hydrogen (secondary N) is 2. The third kappa shape index (κ3) is 34.4. The maximum atomic E-state index is 13.0. The van der Waals surface area contributed by atoms with E-state index in [1.54, 1.807) is 0 Å². The molecule has 0 saturated heterocycles. The molecule has 0 rings (SSSR count). The summed E-state index contributed by atoms with van der Waals surface area (Å²) in [5.41, 5.74) is 0. The highest BCUT2D eigenvalue weighted by atomic mass is 16.5. The number of methoxy groups -OCH3 is 4. The van der Waals surface area contributed by atoms with Gasteiger partial charge in [0.15, 0.2) is 0 Å². The molecule has 0 atom stereocenters. The minimum atomic E-state index is -0.347. The molecule has 0 fully saturated rings. The summed E-state index contributed by atoms with van der Waals surface area (Å²) in [6.07, 6.45) is 17.0. The van der Waals surface area contributed by atoms with E-state index in [0.717, 1.165) is 24.1 Å². The van der Waals surface area contributed by atoms with Crippen molar-refractivity contribution in [3.8, 4) is 0 Å². The summed E-state index contributed by atoms with van der Waals surface area (Å²) in [5, 5.41) is 5.94. The van der Waals surface area contributed by atoms with Gasteiger partial charge in [0, 0.05) is 84.8 Å². The van der Waals surface area contributed by atoms with Crippen molar-refractivity contribution in [3.63, 3.8) is 0 Å². The first kappa shape index (κ1) is 56.7. The van der Waals surface area contributed by atoms with E-state index < -0.39 is 0 Å². The highest BCUT2D eigenvalue weighted by Crippen LogP contribution is 2.13. The molecule has 0 spiro atoms. The number of quaternary nitrogens is 1. The number of likely N-dealkylation sites (N-methyl/N-ethyl adjacent to an activating group) is 1. The number of ether oxygens (including phenoxy) is 4. The fourth-order valence-corrected chi connectivity index (χ4v) is 6.72. The van der Waals surface area contributed by atoms with E-state index in [1.165, 1.54) is 105 Å². The standard InChI is InChI=1S/C44H84N6O10/c1-8-9-10-11-12-13-14-15-16-17-18-19-37-50(2,3)38-36-49(28-20-39(51)45-26-34-47(30-22-41(53)57-4)31-23-42(54)58-5)29-21-40(52)46-27-35-48(32-24-43(55)59-6)33-25-44(56)60-7/h8-38H2,1-7H3,(H-,45,46,51,52)/p+1. The maximum absolute atomic E-state index is 13.0. The van der Waals surface area contributed by atoms with Crippen LogP contribution in [0.5, 0.6) is 0 Å². The number of amides is 2. The predicted molar refractivity (Wildman–Crippen MR) is 234 cm³/mol. The normalized spacial score (nSPS) is 11.5. The molecule has 2 amide bonds. The minimum Gasteiger partial charge on any atom is -0.469 e. The number of carbonyl (C=O) groups excluding carboxylic acids is 6. The summed E-state index contributed by atoms with van der Waals surface area (Å²) in [6, 6.07) is 0. The van der Waals surface area contributed by atoms with Gasteiger partial charge in [-0.3, -0.25) is 33.7 Å². The smallest absolute Gasteiger partial charge is 0.306 e. The van der Waals surface area contributed by atoms with E-state index in [-0.39, 0.29) is 74.2 Å². The number of unbranched alkanes of at least 4 members (excludes halogenated alkanes) is 11. The van der Waals surface area contributed by atoms with Gasteiger partial charge in [0.2, 0.25) is 11.8 Å². The molecular formula is C44H85N6O10+. The molecule has 350 valence electrons. The van der Waals surface area contributed by atoms with E-state index in [4.69, 9.17) is 18.9 Å². The van der Waals surface area contributed by atoms with E-state index in [9.17, 15) is 28.8 Å². The van der Waals surface area contributed by atoms with Crippen molar-refractivity contribution >= 4 is 35.7 Å². The van der Waals surface area contributed by atoms with Crippen LogP contribution in [0, 0.1) is 0 Å². The van der Waals surface area contributed by atoms with Crippen LogP contribution < -0.4 is 10.6 Å². The summed E-state index contributed by atoms with van der Waals surface area (Å²) in [6.45, 7) is 9.08. The molecule has 0 aliphatic rings. The van der Waals surface area contributed by atoms with E-state index >= 15 is 0 Å². The van der Waals surface area contributed by atoms with Crippen molar-refractivity contribution in [1.29, 1.82) is 0 Å². The van der Waals surface area contributed by atoms with Gasteiger partial charge in [-0.15, -0.1) is 0 Å². The average Bonchev–Trinajstić information content (AvgIpc) is 3.24. The second-order valence-electron chi connectivity index (χ2n) is 16.3. The molecule has 0 aliphatic heterocycles. The maximum Gasteiger partial charge on any atom is 0.306 e. The highest BCUT2D eigenvalue weighted by Gasteiger charge is 2.19. The first-order valence-electron chi connectivity index (χ1n) is 22.6. The molecule has 0 aliphatic carbocycles. The summed E-state index contributed by atoms with van der Waals surface area (Å²) in [7, 11) is 9.82. The average molecular weight is 858 g/mol. The largest absolute Gasteiger partial charge is 0.469 e. The molecule has 16 heteroatoms. The van der Waals surface area contributed by atoms with Crippen LogP contribution in [0.2, 0.25) is 0 Å². The molecule has 0 bridgehead atoms. The Morgan fingerprint density at radius 2 is 0.700 bits per heavy atom. The minimum absolute atomic E-state index is 0.116. The Labute approximate surface area is 362 Å².